The van der Waals surface area contributed by atoms with E-state index in [2.05, 4.69) is 159 Å². The third kappa shape index (κ3) is 4.66. The first-order valence-electron chi connectivity index (χ1n) is 17.2. The van der Waals surface area contributed by atoms with Crippen LogP contribution in [0.5, 0.6) is 0 Å². The van der Waals surface area contributed by atoms with Crippen LogP contribution >= 0.6 is 0 Å². The SMILES string of the molecule is CC.Cc1c(-c2c3ccccc3c(-c3ccc4ccc5cccc6ccc3c4c56)c3ccccc23)cccc1C1C=CC=CC(C)C1. The van der Waals surface area contributed by atoms with Crippen LogP contribution < -0.4 is 0 Å². The highest BCUT2D eigenvalue weighted by atomic mass is 14.3. The van der Waals surface area contributed by atoms with E-state index in [0.29, 0.717) is 11.8 Å². The Morgan fingerprint density at radius 3 is 1.66 bits per heavy atom. The van der Waals surface area contributed by atoms with Crippen molar-refractivity contribution < 1.29 is 0 Å². The van der Waals surface area contributed by atoms with Gasteiger partial charge in [0.1, 0.15) is 0 Å². The lowest BCUT2D eigenvalue weighted by Crippen LogP contribution is -2.03. The summed E-state index contributed by atoms with van der Waals surface area (Å²) in [4.78, 5) is 0. The minimum absolute atomic E-state index is 0.406. The van der Waals surface area contributed by atoms with Crippen molar-refractivity contribution in [3.05, 3.63) is 157 Å². The van der Waals surface area contributed by atoms with E-state index in [1.807, 2.05) is 13.8 Å². The number of hydrogen-bond donors (Lipinski definition) is 0. The molecule has 0 nitrogen and oxygen atoms in total. The van der Waals surface area contributed by atoms with Gasteiger partial charge >= 0.3 is 0 Å². The second kappa shape index (κ2) is 11.9. The minimum atomic E-state index is 0.406. The second-order valence-corrected chi connectivity index (χ2v) is 12.9. The second-order valence-electron chi connectivity index (χ2n) is 12.9. The van der Waals surface area contributed by atoms with Gasteiger partial charge in [-0.05, 0) is 107 Å². The quantitative estimate of drug-likeness (QED) is 0.139. The summed E-state index contributed by atoms with van der Waals surface area (Å²) >= 11 is 0. The average Bonchev–Trinajstić information content (AvgIpc) is 3.35. The van der Waals surface area contributed by atoms with Crippen LogP contribution in [0.15, 0.2) is 146 Å². The first kappa shape index (κ1) is 29.2. The molecule has 0 N–H and O–H groups in total. The molecule has 2 atom stereocenters. The summed E-state index contributed by atoms with van der Waals surface area (Å²) in [5.41, 5.74) is 8.11. The number of allylic oxidation sites excluding steroid dienone is 4. The molecule has 0 saturated heterocycles. The van der Waals surface area contributed by atoms with Crippen LogP contribution in [0.3, 0.4) is 0 Å². The van der Waals surface area contributed by atoms with Crippen LogP contribution in [-0.4, -0.2) is 0 Å². The molecule has 1 aliphatic carbocycles. The molecule has 0 heteroatoms. The molecular weight excluding hydrogens is 565 g/mol. The monoisotopic (exact) mass is 604 g/mol. The van der Waals surface area contributed by atoms with Crippen molar-refractivity contribution in [1.82, 2.24) is 0 Å². The molecule has 2 unspecified atom stereocenters. The Bertz CT molecular complexity index is 2420. The van der Waals surface area contributed by atoms with E-state index in [1.165, 1.54) is 87.2 Å². The van der Waals surface area contributed by atoms with Gasteiger partial charge in [0.2, 0.25) is 0 Å². The van der Waals surface area contributed by atoms with E-state index >= 15 is 0 Å². The fraction of sp³-hybridized carbons (Fsp3) is 0.149. The zero-order chi connectivity index (χ0) is 32.1. The smallest absolute Gasteiger partial charge is 0.00294 e. The van der Waals surface area contributed by atoms with E-state index in [4.69, 9.17) is 0 Å². The first-order chi connectivity index (χ1) is 23.2. The molecular formula is C47H40. The molecule has 0 aliphatic heterocycles. The van der Waals surface area contributed by atoms with Gasteiger partial charge in [0.25, 0.3) is 0 Å². The third-order valence-electron chi connectivity index (χ3n) is 10.3. The number of hydrogen-bond acceptors (Lipinski definition) is 0. The standard InChI is InChI=1S/C45H34.C2H6/c1-28-11-3-4-12-33(27-28)34-19-10-20-35(29(34)2)44-36-15-5-7-17-38(36)45(39-18-8-6-16-37(39)44)41-26-24-32-22-21-30-13-9-14-31-23-25-40(41)43(32)42(30)31;1-2/h3-26,28,33H,27H2,1-2H3;1-2H3. The topological polar surface area (TPSA) is 0 Å². The van der Waals surface area contributed by atoms with Gasteiger partial charge in [-0.15, -0.1) is 0 Å². The molecule has 1 aliphatic rings. The maximum absolute atomic E-state index is 2.39. The van der Waals surface area contributed by atoms with Gasteiger partial charge in [0.15, 0.2) is 0 Å². The van der Waals surface area contributed by atoms with Crippen LogP contribution in [0.25, 0.3) is 76.1 Å². The first-order valence-corrected chi connectivity index (χ1v) is 17.2. The number of fused-ring (bicyclic) bond motifs is 2. The van der Waals surface area contributed by atoms with Crippen molar-refractivity contribution >= 4 is 53.9 Å². The Kier molecular flexibility index (Phi) is 7.38. The van der Waals surface area contributed by atoms with Gasteiger partial charge in [0, 0.05) is 5.92 Å². The van der Waals surface area contributed by atoms with Crippen LogP contribution in [0.1, 0.15) is 44.2 Å². The van der Waals surface area contributed by atoms with E-state index < -0.39 is 0 Å². The zero-order valence-electron chi connectivity index (χ0n) is 27.7. The summed E-state index contributed by atoms with van der Waals surface area (Å²) in [6.45, 7) is 8.66. The van der Waals surface area contributed by atoms with Crippen molar-refractivity contribution in [2.45, 2.75) is 40.0 Å². The van der Waals surface area contributed by atoms with Gasteiger partial charge in [-0.1, -0.05) is 166 Å². The summed E-state index contributed by atoms with van der Waals surface area (Å²) in [5.74, 6) is 0.961. The molecule has 0 bridgehead atoms. The van der Waals surface area contributed by atoms with Gasteiger partial charge in [0.05, 0.1) is 0 Å². The molecule has 0 heterocycles. The molecule has 0 fully saturated rings. The van der Waals surface area contributed by atoms with E-state index in [1.54, 1.807) is 0 Å². The predicted molar refractivity (Wildman–Crippen MR) is 207 cm³/mol. The molecule has 228 valence electrons. The van der Waals surface area contributed by atoms with Crippen LogP contribution in [0.4, 0.5) is 0 Å². The largest absolute Gasteiger partial charge is 0.0817 e. The van der Waals surface area contributed by atoms with Gasteiger partial charge in [-0.2, -0.15) is 0 Å². The van der Waals surface area contributed by atoms with Crippen molar-refractivity contribution in [2.75, 3.05) is 0 Å². The highest BCUT2D eigenvalue weighted by Gasteiger charge is 2.22. The lowest BCUT2D eigenvalue weighted by Gasteiger charge is -2.23. The van der Waals surface area contributed by atoms with Crippen LogP contribution in [-0.2, 0) is 0 Å². The summed E-state index contributed by atoms with van der Waals surface area (Å²) in [6, 6.07) is 45.6. The molecule has 0 amide bonds. The number of rotatable bonds is 3. The van der Waals surface area contributed by atoms with E-state index in [9.17, 15) is 0 Å². The van der Waals surface area contributed by atoms with Crippen LogP contribution in [0, 0.1) is 12.8 Å². The number of benzene rings is 8. The maximum Gasteiger partial charge on any atom is 0.00294 e. The van der Waals surface area contributed by atoms with Crippen LogP contribution in [0.2, 0.25) is 0 Å². The van der Waals surface area contributed by atoms with Crippen molar-refractivity contribution in [3.63, 3.8) is 0 Å². The fourth-order valence-corrected chi connectivity index (χ4v) is 8.23. The Morgan fingerprint density at radius 1 is 0.468 bits per heavy atom. The summed E-state index contributed by atoms with van der Waals surface area (Å²) in [7, 11) is 0. The fourth-order valence-electron chi connectivity index (χ4n) is 8.23. The molecule has 47 heavy (non-hydrogen) atoms. The van der Waals surface area contributed by atoms with E-state index in [0.717, 1.165) is 6.42 Å². The summed E-state index contributed by atoms with van der Waals surface area (Å²) in [6.07, 6.45) is 10.3. The van der Waals surface area contributed by atoms with Crippen molar-refractivity contribution in [1.29, 1.82) is 0 Å². The molecule has 0 aromatic heterocycles. The molecule has 0 spiro atoms. The van der Waals surface area contributed by atoms with Gasteiger partial charge < -0.3 is 0 Å². The highest BCUT2D eigenvalue weighted by molar-refractivity contribution is 6.29. The molecule has 0 radical (unpaired) electrons. The average molecular weight is 605 g/mol. The summed E-state index contributed by atoms with van der Waals surface area (Å²) in [5, 5.41) is 13.2. The molecule has 9 rings (SSSR count). The molecule has 8 aromatic carbocycles. The lowest BCUT2D eigenvalue weighted by atomic mass is 9.80. The van der Waals surface area contributed by atoms with Gasteiger partial charge in [-0.25, -0.2) is 0 Å². The predicted octanol–water partition coefficient (Wildman–Crippen LogP) is 13.8. The summed E-state index contributed by atoms with van der Waals surface area (Å²) < 4.78 is 0. The minimum Gasteiger partial charge on any atom is -0.0817 e. The Balaban J connectivity index is 0.00000159. The van der Waals surface area contributed by atoms with E-state index in [-0.39, 0.29) is 0 Å². The van der Waals surface area contributed by atoms with Crippen molar-refractivity contribution in [3.8, 4) is 22.3 Å². The Labute approximate surface area is 278 Å². The third-order valence-corrected chi connectivity index (χ3v) is 10.3. The Hall–Kier alpha value is -5.20. The van der Waals surface area contributed by atoms with Gasteiger partial charge in [-0.3, -0.25) is 0 Å². The van der Waals surface area contributed by atoms with Crippen molar-refractivity contribution in [2.24, 2.45) is 5.92 Å². The molecule has 8 aromatic rings. The molecule has 0 saturated carbocycles. The Morgan fingerprint density at radius 2 is 1.00 bits per heavy atom. The normalized spacial score (nSPS) is 16.3. The highest BCUT2D eigenvalue weighted by Crippen LogP contribution is 2.48. The lowest BCUT2D eigenvalue weighted by molar-refractivity contribution is 0.604. The maximum atomic E-state index is 2.39. The zero-order valence-corrected chi connectivity index (χ0v) is 27.7.